The van der Waals surface area contributed by atoms with E-state index in [1.807, 2.05) is 0 Å². The fourth-order valence-electron chi connectivity index (χ4n) is 1.03. The Balaban J connectivity index is 2.66. The van der Waals surface area contributed by atoms with Gasteiger partial charge < -0.3 is 4.98 Å². The summed E-state index contributed by atoms with van der Waals surface area (Å²) in [4.78, 5) is 2.68. The van der Waals surface area contributed by atoms with Crippen molar-refractivity contribution < 1.29 is 13.2 Å². The quantitative estimate of drug-likeness (QED) is 0.796. The zero-order chi connectivity index (χ0) is 10.3. The summed E-state index contributed by atoms with van der Waals surface area (Å²) >= 11 is 3.10. The molecule has 0 unspecified atom stereocenters. The number of fused-ring (bicyclic) bond motifs is 1. The lowest BCUT2D eigenvalue weighted by Crippen LogP contribution is -2.08. The summed E-state index contributed by atoms with van der Waals surface area (Å²) in [6, 6.07) is 0.947. The molecule has 0 atom stereocenters. The van der Waals surface area contributed by atoms with Crippen molar-refractivity contribution in [1.29, 1.82) is 0 Å². The molecule has 3 nitrogen and oxygen atoms in total. The molecule has 0 radical (unpaired) electrons. The maximum absolute atomic E-state index is 12.2. The van der Waals surface area contributed by atoms with Crippen LogP contribution in [0.25, 0.3) is 11.0 Å². The molecule has 2 aromatic heterocycles. The summed E-state index contributed by atoms with van der Waals surface area (Å²) in [6.07, 6.45) is -2.95. The number of nitrogens with one attached hydrogen (secondary N) is 1. The first kappa shape index (κ1) is 9.45. The lowest BCUT2D eigenvalue weighted by atomic mass is 10.3. The van der Waals surface area contributed by atoms with Gasteiger partial charge >= 0.3 is 6.18 Å². The Labute approximate surface area is 84.5 Å². The minimum Gasteiger partial charge on any atom is -0.343 e. The molecule has 0 amide bonds. The van der Waals surface area contributed by atoms with E-state index >= 15 is 0 Å². The van der Waals surface area contributed by atoms with Crippen LogP contribution >= 0.6 is 15.9 Å². The van der Waals surface area contributed by atoms with Crippen LogP contribution in [-0.4, -0.2) is 15.2 Å². The highest BCUT2D eigenvalue weighted by atomic mass is 79.9. The van der Waals surface area contributed by atoms with Crippen molar-refractivity contribution >= 4 is 27.0 Å². The highest BCUT2D eigenvalue weighted by Crippen LogP contribution is 2.30. The van der Waals surface area contributed by atoms with E-state index in [4.69, 9.17) is 0 Å². The summed E-state index contributed by atoms with van der Waals surface area (Å²) in [6.45, 7) is 0. The summed E-state index contributed by atoms with van der Waals surface area (Å²) in [5, 5.41) is 6.85. The number of hydrogen-bond donors (Lipinski definition) is 1. The van der Waals surface area contributed by atoms with Crippen LogP contribution in [-0.2, 0) is 6.18 Å². The molecule has 74 valence electrons. The zero-order valence-electron chi connectivity index (χ0n) is 6.56. The van der Waals surface area contributed by atoms with E-state index in [9.17, 15) is 13.2 Å². The molecule has 0 fully saturated rings. The minimum absolute atomic E-state index is 0.324. The molecule has 2 aromatic rings. The molecule has 0 spiro atoms. The van der Waals surface area contributed by atoms with Crippen LogP contribution in [0.1, 0.15) is 5.69 Å². The number of rotatable bonds is 0. The zero-order valence-corrected chi connectivity index (χ0v) is 8.15. The maximum atomic E-state index is 12.2. The van der Waals surface area contributed by atoms with Crippen LogP contribution in [0.5, 0.6) is 0 Å². The smallest absolute Gasteiger partial charge is 0.343 e. The molecule has 2 rings (SSSR count). The first-order valence-electron chi connectivity index (χ1n) is 3.56. The number of halogens is 4. The fraction of sp³-hybridized carbons (Fsp3) is 0.143. The normalized spacial score (nSPS) is 12.3. The predicted octanol–water partition coefficient (Wildman–Crippen LogP) is 2.74. The maximum Gasteiger partial charge on any atom is 0.435 e. The Morgan fingerprint density at radius 1 is 1.29 bits per heavy atom. The predicted molar refractivity (Wildman–Crippen MR) is 46.6 cm³/mol. The minimum atomic E-state index is -4.46. The van der Waals surface area contributed by atoms with E-state index in [0.29, 0.717) is 15.5 Å². The van der Waals surface area contributed by atoms with Crippen LogP contribution in [0.3, 0.4) is 0 Å². The Morgan fingerprint density at radius 2 is 2.00 bits per heavy atom. The first-order valence-corrected chi connectivity index (χ1v) is 4.35. The first-order chi connectivity index (χ1) is 6.48. The fourth-order valence-corrected chi connectivity index (χ4v) is 1.45. The van der Waals surface area contributed by atoms with Gasteiger partial charge in [-0.2, -0.15) is 13.2 Å². The van der Waals surface area contributed by atoms with E-state index < -0.39 is 11.9 Å². The SMILES string of the molecule is FC(F)(F)c1cc2c(Br)c[nH]c2nn1. The van der Waals surface area contributed by atoms with Crippen molar-refractivity contribution in [3.8, 4) is 0 Å². The lowest BCUT2D eigenvalue weighted by molar-refractivity contribution is -0.141. The van der Waals surface area contributed by atoms with E-state index in [-0.39, 0.29) is 0 Å². The molecule has 2 heterocycles. The molecular formula is C7H3BrF3N3. The number of H-pyrrole nitrogens is 1. The lowest BCUT2D eigenvalue weighted by Gasteiger charge is -2.03. The van der Waals surface area contributed by atoms with E-state index in [1.165, 1.54) is 6.20 Å². The molecule has 0 aliphatic heterocycles. The van der Waals surface area contributed by atoms with Crippen molar-refractivity contribution in [1.82, 2.24) is 15.2 Å². The molecule has 0 bridgehead atoms. The van der Waals surface area contributed by atoms with Gasteiger partial charge in [0.25, 0.3) is 0 Å². The van der Waals surface area contributed by atoms with Gasteiger partial charge in [0.15, 0.2) is 11.3 Å². The van der Waals surface area contributed by atoms with Gasteiger partial charge in [-0.25, -0.2) is 0 Å². The largest absolute Gasteiger partial charge is 0.435 e. The molecule has 1 N–H and O–H groups in total. The van der Waals surface area contributed by atoms with Crippen LogP contribution in [0.15, 0.2) is 16.7 Å². The summed E-state index contributed by atoms with van der Waals surface area (Å²) in [5.41, 5.74) is -0.671. The third-order valence-electron chi connectivity index (χ3n) is 1.68. The Morgan fingerprint density at radius 3 is 2.64 bits per heavy atom. The number of alkyl halides is 3. The van der Waals surface area contributed by atoms with Gasteiger partial charge in [0.05, 0.1) is 0 Å². The Bertz CT molecular complexity index is 476. The highest BCUT2D eigenvalue weighted by Gasteiger charge is 2.33. The second-order valence-electron chi connectivity index (χ2n) is 2.63. The summed E-state index contributed by atoms with van der Waals surface area (Å²) < 4.78 is 37.2. The molecule has 0 aliphatic carbocycles. The van der Waals surface area contributed by atoms with Gasteiger partial charge in [-0.1, -0.05) is 0 Å². The van der Waals surface area contributed by atoms with Gasteiger partial charge in [-0.05, 0) is 22.0 Å². The number of hydrogen-bond acceptors (Lipinski definition) is 2. The van der Waals surface area contributed by atoms with Crippen LogP contribution < -0.4 is 0 Å². The Kier molecular flexibility index (Phi) is 1.99. The average molecular weight is 266 g/mol. The molecular weight excluding hydrogens is 263 g/mol. The third-order valence-corrected chi connectivity index (χ3v) is 2.33. The number of aromatic amines is 1. The van der Waals surface area contributed by atoms with Gasteiger partial charge in [-0.3, -0.25) is 0 Å². The number of aromatic nitrogens is 3. The molecule has 7 heteroatoms. The second-order valence-corrected chi connectivity index (χ2v) is 3.48. The molecule has 14 heavy (non-hydrogen) atoms. The van der Waals surface area contributed by atoms with E-state index in [0.717, 1.165) is 6.07 Å². The molecule has 0 saturated heterocycles. The van der Waals surface area contributed by atoms with Gasteiger partial charge in [0, 0.05) is 16.1 Å². The molecule has 0 aliphatic rings. The average Bonchev–Trinajstić information content (AvgIpc) is 2.46. The molecule has 0 aromatic carbocycles. The highest BCUT2D eigenvalue weighted by molar-refractivity contribution is 9.10. The van der Waals surface area contributed by atoms with Crippen molar-refractivity contribution in [3.63, 3.8) is 0 Å². The van der Waals surface area contributed by atoms with Crippen molar-refractivity contribution in [3.05, 3.63) is 22.4 Å². The van der Waals surface area contributed by atoms with E-state index in [1.54, 1.807) is 0 Å². The molecule has 0 saturated carbocycles. The number of nitrogens with zero attached hydrogens (tertiary/aromatic N) is 2. The van der Waals surface area contributed by atoms with Crippen molar-refractivity contribution in [2.45, 2.75) is 6.18 Å². The Hall–Kier alpha value is -1.11. The van der Waals surface area contributed by atoms with E-state index in [2.05, 4.69) is 31.1 Å². The summed E-state index contributed by atoms with van der Waals surface area (Å²) in [7, 11) is 0. The topological polar surface area (TPSA) is 41.6 Å². The van der Waals surface area contributed by atoms with Gasteiger partial charge in [0.1, 0.15) is 0 Å². The van der Waals surface area contributed by atoms with Crippen LogP contribution in [0, 0.1) is 0 Å². The van der Waals surface area contributed by atoms with Gasteiger partial charge in [0.2, 0.25) is 0 Å². The van der Waals surface area contributed by atoms with Crippen LogP contribution in [0.4, 0.5) is 13.2 Å². The van der Waals surface area contributed by atoms with Crippen LogP contribution in [0.2, 0.25) is 0 Å². The summed E-state index contributed by atoms with van der Waals surface area (Å²) in [5.74, 6) is 0. The van der Waals surface area contributed by atoms with Crippen molar-refractivity contribution in [2.24, 2.45) is 0 Å². The standard InChI is InChI=1S/C7H3BrF3N3/c8-4-2-12-6-3(4)1-5(13-14-6)7(9,10)11/h1-2H,(H,12,14). The third kappa shape index (κ3) is 1.47. The second kappa shape index (κ2) is 2.94. The van der Waals surface area contributed by atoms with Crippen molar-refractivity contribution in [2.75, 3.05) is 0 Å². The monoisotopic (exact) mass is 265 g/mol. The van der Waals surface area contributed by atoms with Gasteiger partial charge in [-0.15, -0.1) is 10.2 Å².